The molecule has 0 aromatic heterocycles. The van der Waals surface area contributed by atoms with Crippen molar-refractivity contribution in [1.82, 2.24) is 0 Å². The zero-order valence-electron chi connectivity index (χ0n) is 13.1. The maximum atomic E-state index is 12.3. The fourth-order valence-corrected chi connectivity index (χ4v) is 3.05. The second-order valence-corrected chi connectivity index (χ2v) is 6.82. The third kappa shape index (κ3) is 2.63. The first-order valence-corrected chi connectivity index (χ1v) is 7.15. The van der Waals surface area contributed by atoms with Crippen molar-refractivity contribution >= 4 is 17.9 Å². The van der Waals surface area contributed by atoms with Gasteiger partial charge in [-0.3, -0.25) is 9.59 Å². The van der Waals surface area contributed by atoms with Crippen LogP contribution in [-0.4, -0.2) is 34.7 Å². The largest absolute Gasteiger partial charge is 0.455 e. The van der Waals surface area contributed by atoms with E-state index in [4.69, 9.17) is 14.2 Å². The van der Waals surface area contributed by atoms with Crippen molar-refractivity contribution in [2.24, 2.45) is 5.92 Å². The molecule has 0 radical (unpaired) electrons. The van der Waals surface area contributed by atoms with Gasteiger partial charge in [0, 0.05) is 13.3 Å². The van der Waals surface area contributed by atoms with Crippen LogP contribution >= 0.6 is 0 Å². The molecule has 3 atom stereocenters. The molecule has 2 rings (SSSR count). The van der Waals surface area contributed by atoms with Crippen LogP contribution in [0.4, 0.5) is 0 Å². The van der Waals surface area contributed by atoms with E-state index in [1.807, 2.05) is 0 Å². The Labute approximate surface area is 124 Å². The van der Waals surface area contributed by atoms with Gasteiger partial charge in [0.25, 0.3) is 0 Å². The van der Waals surface area contributed by atoms with Gasteiger partial charge in [0.15, 0.2) is 0 Å². The highest BCUT2D eigenvalue weighted by Crippen LogP contribution is 2.50. The number of fused-ring (bicyclic) bond motifs is 2. The Morgan fingerprint density at radius 2 is 1.95 bits per heavy atom. The predicted molar refractivity (Wildman–Crippen MR) is 72.2 cm³/mol. The van der Waals surface area contributed by atoms with E-state index >= 15 is 0 Å². The molecular weight excluding hydrogens is 276 g/mol. The number of carbonyl (C=O) groups is 3. The van der Waals surface area contributed by atoms with Gasteiger partial charge in [0.1, 0.15) is 11.2 Å². The predicted octanol–water partition coefficient (Wildman–Crippen LogP) is 1.75. The lowest BCUT2D eigenvalue weighted by atomic mass is 9.71. The van der Waals surface area contributed by atoms with Crippen LogP contribution in [0, 0.1) is 5.92 Å². The molecule has 1 aliphatic heterocycles. The van der Waals surface area contributed by atoms with E-state index in [1.54, 1.807) is 13.8 Å². The molecule has 0 N–H and O–H groups in total. The van der Waals surface area contributed by atoms with E-state index in [-0.39, 0.29) is 11.9 Å². The lowest BCUT2D eigenvalue weighted by molar-refractivity contribution is -0.213. The topological polar surface area (TPSA) is 78.9 Å². The van der Waals surface area contributed by atoms with Crippen LogP contribution in [0.25, 0.3) is 0 Å². The van der Waals surface area contributed by atoms with Crippen molar-refractivity contribution in [1.29, 1.82) is 0 Å². The van der Waals surface area contributed by atoms with Crippen LogP contribution in [-0.2, 0) is 28.6 Å². The normalized spacial score (nSPS) is 35.1. The summed E-state index contributed by atoms with van der Waals surface area (Å²) in [5.41, 5.74) is -3.11. The average molecular weight is 298 g/mol. The lowest BCUT2D eigenvalue weighted by Crippen LogP contribution is -2.56. The molecule has 2 fully saturated rings. The average Bonchev–Trinajstić information content (AvgIpc) is 2.57. The number of hydrogen-bond acceptors (Lipinski definition) is 6. The maximum Gasteiger partial charge on any atom is 0.350 e. The minimum Gasteiger partial charge on any atom is -0.455 e. The molecule has 1 saturated carbocycles. The maximum absolute atomic E-state index is 12.3. The molecule has 0 aromatic carbocycles. The summed E-state index contributed by atoms with van der Waals surface area (Å²) in [6.07, 6.45) is 1.72. The van der Waals surface area contributed by atoms with Crippen molar-refractivity contribution in [3.05, 3.63) is 0 Å². The Kier molecular flexibility index (Phi) is 3.54. The number of rotatable bonds is 3. The minimum absolute atomic E-state index is 0.108. The summed E-state index contributed by atoms with van der Waals surface area (Å²) in [6, 6.07) is 0. The molecule has 0 amide bonds. The van der Waals surface area contributed by atoms with Crippen molar-refractivity contribution in [2.45, 2.75) is 70.7 Å². The summed E-state index contributed by atoms with van der Waals surface area (Å²) in [5, 5.41) is 0. The van der Waals surface area contributed by atoms with E-state index in [0.29, 0.717) is 19.3 Å². The van der Waals surface area contributed by atoms with Gasteiger partial charge >= 0.3 is 17.9 Å². The van der Waals surface area contributed by atoms with Crippen LogP contribution in [0.3, 0.4) is 0 Å². The molecule has 21 heavy (non-hydrogen) atoms. The second-order valence-electron chi connectivity index (χ2n) is 6.82. The fourth-order valence-electron chi connectivity index (χ4n) is 3.05. The molecule has 1 saturated heterocycles. The van der Waals surface area contributed by atoms with Crippen molar-refractivity contribution in [3.8, 4) is 0 Å². The van der Waals surface area contributed by atoms with Gasteiger partial charge in [-0.25, -0.2) is 4.79 Å². The van der Waals surface area contributed by atoms with Gasteiger partial charge in [-0.05, 0) is 40.5 Å². The van der Waals surface area contributed by atoms with E-state index in [1.165, 1.54) is 20.8 Å². The monoisotopic (exact) mass is 298 g/mol. The minimum atomic E-state index is -1.37. The molecule has 6 heteroatoms. The first-order chi connectivity index (χ1) is 9.49. The van der Waals surface area contributed by atoms with Gasteiger partial charge in [0.05, 0.1) is 5.92 Å². The van der Waals surface area contributed by atoms with Gasteiger partial charge < -0.3 is 14.2 Å². The Morgan fingerprint density at radius 1 is 1.33 bits per heavy atom. The summed E-state index contributed by atoms with van der Waals surface area (Å²) < 4.78 is 16.1. The third-order valence-corrected chi connectivity index (χ3v) is 4.59. The Balaban J connectivity index is 2.16. The first-order valence-electron chi connectivity index (χ1n) is 7.15. The Morgan fingerprint density at radius 3 is 2.52 bits per heavy atom. The zero-order valence-corrected chi connectivity index (χ0v) is 13.1. The first kappa shape index (κ1) is 15.8. The molecule has 0 aromatic rings. The van der Waals surface area contributed by atoms with Gasteiger partial charge in [-0.2, -0.15) is 0 Å². The van der Waals surface area contributed by atoms with Crippen LogP contribution in [0.1, 0.15) is 53.9 Å². The second kappa shape index (κ2) is 4.71. The van der Waals surface area contributed by atoms with Crippen LogP contribution < -0.4 is 0 Å². The summed E-state index contributed by atoms with van der Waals surface area (Å²) in [4.78, 5) is 35.1. The number of esters is 3. The summed E-state index contributed by atoms with van der Waals surface area (Å²) >= 11 is 0. The molecule has 2 aliphatic rings. The molecule has 2 bridgehead atoms. The number of ether oxygens (including phenoxy) is 3. The van der Waals surface area contributed by atoms with Gasteiger partial charge in [-0.1, -0.05) is 0 Å². The number of carbonyl (C=O) groups excluding carboxylic acids is 3. The molecule has 6 nitrogen and oxygen atoms in total. The van der Waals surface area contributed by atoms with Crippen molar-refractivity contribution < 1.29 is 28.6 Å². The molecule has 3 unspecified atom stereocenters. The SMILES string of the molecule is CC(=O)OC(C)(C)C(=O)OC1(C)CCC2CC1(C)OC2=O. The summed E-state index contributed by atoms with van der Waals surface area (Å²) in [6.45, 7) is 7.76. The Hall–Kier alpha value is -1.59. The van der Waals surface area contributed by atoms with Crippen LogP contribution in [0.2, 0.25) is 0 Å². The highest BCUT2D eigenvalue weighted by Gasteiger charge is 2.61. The molecule has 118 valence electrons. The Bertz CT molecular complexity index is 496. The van der Waals surface area contributed by atoms with E-state index in [0.717, 1.165) is 0 Å². The highest BCUT2D eigenvalue weighted by molar-refractivity contribution is 5.83. The van der Waals surface area contributed by atoms with Crippen molar-refractivity contribution in [2.75, 3.05) is 0 Å². The molecule has 1 heterocycles. The molecule has 0 spiro atoms. The standard InChI is InChI=1S/C15H22O6/c1-9(16)19-13(2,3)12(18)21-14(4)7-6-10-8-15(14,5)20-11(10)17/h10H,6-8H2,1-5H3. The third-order valence-electron chi connectivity index (χ3n) is 4.59. The van der Waals surface area contributed by atoms with Gasteiger partial charge in [-0.15, -0.1) is 0 Å². The summed E-state index contributed by atoms with van der Waals surface area (Å²) in [5.74, 6) is -1.52. The summed E-state index contributed by atoms with van der Waals surface area (Å²) in [7, 11) is 0. The van der Waals surface area contributed by atoms with E-state index in [9.17, 15) is 14.4 Å². The molecule has 1 aliphatic carbocycles. The zero-order chi connectivity index (χ0) is 16.1. The van der Waals surface area contributed by atoms with E-state index < -0.39 is 28.7 Å². The van der Waals surface area contributed by atoms with Gasteiger partial charge in [0.2, 0.25) is 5.60 Å². The van der Waals surface area contributed by atoms with E-state index in [2.05, 4.69) is 0 Å². The fraction of sp³-hybridized carbons (Fsp3) is 0.800. The highest BCUT2D eigenvalue weighted by atomic mass is 16.6. The number of hydrogen-bond donors (Lipinski definition) is 0. The quantitative estimate of drug-likeness (QED) is 0.583. The molecular formula is C15H22O6. The van der Waals surface area contributed by atoms with Crippen molar-refractivity contribution in [3.63, 3.8) is 0 Å². The smallest absolute Gasteiger partial charge is 0.350 e. The van der Waals surface area contributed by atoms with Crippen LogP contribution in [0.15, 0.2) is 0 Å². The van der Waals surface area contributed by atoms with Crippen LogP contribution in [0.5, 0.6) is 0 Å². The lowest BCUT2D eigenvalue weighted by Gasteiger charge is -2.44.